The molecule has 3 amide bonds. The van der Waals surface area contributed by atoms with Gasteiger partial charge >= 0.3 is 12.0 Å². The molecule has 9 nitrogen and oxygen atoms in total. The number of benzene rings is 1. The van der Waals surface area contributed by atoms with Crippen molar-refractivity contribution in [2.24, 2.45) is 0 Å². The van der Waals surface area contributed by atoms with Gasteiger partial charge in [0.05, 0.1) is 7.11 Å². The fraction of sp³-hybridized carbons (Fsp3) is 0.500. The molecule has 0 radical (unpaired) electrons. The molecule has 9 heteroatoms. The monoisotopic (exact) mass is 406 g/mol. The fourth-order valence-electron chi connectivity index (χ4n) is 2.98. The van der Waals surface area contributed by atoms with Gasteiger partial charge in [-0.3, -0.25) is 14.9 Å². The molecule has 1 fully saturated rings. The fourth-order valence-corrected chi connectivity index (χ4v) is 2.98. The summed E-state index contributed by atoms with van der Waals surface area (Å²) in [6.07, 6.45) is 4.53. The molecular formula is C20H26N2O7. The number of aldehydes is 1. The summed E-state index contributed by atoms with van der Waals surface area (Å²) < 4.78 is 15.4. The van der Waals surface area contributed by atoms with Gasteiger partial charge in [-0.1, -0.05) is 19.3 Å². The summed E-state index contributed by atoms with van der Waals surface area (Å²) in [4.78, 5) is 46.7. The van der Waals surface area contributed by atoms with Gasteiger partial charge in [0.15, 0.2) is 24.2 Å². The smallest absolute Gasteiger partial charge is 0.344 e. The third-order valence-electron chi connectivity index (χ3n) is 4.52. The van der Waals surface area contributed by atoms with Gasteiger partial charge in [0.25, 0.3) is 5.91 Å². The van der Waals surface area contributed by atoms with E-state index in [2.05, 4.69) is 10.6 Å². The van der Waals surface area contributed by atoms with Crippen LogP contribution in [-0.2, 0) is 14.3 Å². The summed E-state index contributed by atoms with van der Waals surface area (Å²) in [6.45, 7) is 0.892. The highest BCUT2D eigenvalue weighted by molar-refractivity contribution is 5.97. The van der Waals surface area contributed by atoms with Gasteiger partial charge in [-0.05, 0) is 38.0 Å². The maximum atomic E-state index is 12.0. The molecule has 1 aliphatic carbocycles. The highest BCUT2D eigenvalue weighted by Crippen LogP contribution is 2.27. The minimum absolute atomic E-state index is 0.0587. The molecule has 0 aromatic heterocycles. The van der Waals surface area contributed by atoms with E-state index in [1.165, 1.54) is 32.2 Å². The number of hydrogen-bond donors (Lipinski definition) is 2. The van der Waals surface area contributed by atoms with Crippen LogP contribution in [0.5, 0.6) is 11.5 Å². The van der Waals surface area contributed by atoms with Crippen LogP contribution in [0, 0.1) is 0 Å². The first kappa shape index (κ1) is 22.2. The first-order valence-corrected chi connectivity index (χ1v) is 9.49. The van der Waals surface area contributed by atoms with E-state index in [0.717, 1.165) is 32.1 Å². The number of ether oxygens (including phenoxy) is 3. The Morgan fingerprint density at radius 2 is 1.90 bits per heavy atom. The third-order valence-corrected chi connectivity index (χ3v) is 4.52. The first-order valence-electron chi connectivity index (χ1n) is 9.49. The van der Waals surface area contributed by atoms with E-state index in [9.17, 15) is 19.2 Å². The lowest BCUT2D eigenvalue weighted by Crippen LogP contribution is -2.48. The third kappa shape index (κ3) is 7.10. The zero-order valence-electron chi connectivity index (χ0n) is 16.6. The van der Waals surface area contributed by atoms with E-state index < -0.39 is 30.6 Å². The van der Waals surface area contributed by atoms with Crippen molar-refractivity contribution in [1.29, 1.82) is 0 Å². The molecule has 1 saturated carbocycles. The van der Waals surface area contributed by atoms with Crippen LogP contribution < -0.4 is 20.1 Å². The summed E-state index contributed by atoms with van der Waals surface area (Å²) in [7, 11) is 1.40. The van der Waals surface area contributed by atoms with Gasteiger partial charge < -0.3 is 19.5 Å². The first-order chi connectivity index (χ1) is 13.9. The van der Waals surface area contributed by atoms with Crippen LogP contribution in [0.4, 0.5) is 4.79 Å². The average molecular weight is 406 g/mol. The number of carbonyl (C=O) groups excluding carboxylic acids is 4. The second-order valence-electron chi connectivity index (χ2n) is 6.75. The number of methoxy groups -OCH3 is 1. The molecule has 1 aromatic carbocycles. The predicted molar refractivity (Wildman–Crippen MR) is 103 cm³/mol. The zero-order valence-corrected chi connectivity index (χ0v) is 16.6. The standard InChI is InChI=1S/C20H26N2O7/c1-13(19(25)22-20(26)21-15-6-4-3-5-7-15)29-18(24)12-28-16-9-8-14(11-23)10-17(16)27-2/h8-11,13,15H,3-7,12H2,1-2H3,(H2,21,22,25,26)/t13-/m0/s1. The average Bonchev–Trinajstić information content (AvgIpc) is 2.72. The minimum atomic E-state index is -1.16. The maximum absolute atomic E-state index is 12.0. The summed E-state index contributed by atoms with van der Waals surface area (Å²) >= 11 is 0. The van der Waals surface area contributed by atoms with Crippen molar-refractivity contribution in [3.63, 3.8) is 0 Å². The molecule has 1 aliphatic rings. The number of urea groups is 1. The van der Waals surface area contributed by atoms with E-state index in [1.807, 2.05) is 0 Å². The summed E-state index contributed by atoms with van der Waals surface area (Å²) in [6, 6.07) is 3.93. The van der Waals surface area contributed by atoms with Crippen molar-refractivity contribution in [2.45, 2.75) is 51.2 Å². The Morgan fingerprint density at radius 3 is 2.55 bits per heavy atom. The van der Waals surface area contributed by atoms with Crippen molar-refractivity contribution >= 4 is 24.2 Å². The number of hydrogen-bond acceptors (Lipinski definition) is 7. The van der Waals surface area contributed by atoms with Gasteiger partial charge in [0.2, 0.25) is 0 Å². The Morgan fingerprint density at radius 1 is 1.17 bits per heavy atom. The number of esters is 1. The van der Waals surface area contributed by atoms with Gasteiger partial charge in [-0.15, -0.1) is 0 Å². The van der Waals surface area contributed by atoms with E-state index in [4.69, 9.17) is 14.2 Å². The lowest BCUT2D eigenvalue weighted by atomic mass is 9.96. The lowest BCUT2D eigenvalue weighted by Gasteiger charge is -2.23. The van der Waals surface area contributed by atoms with E-state index >= 15 is 0 Å². The molecule has 1 atom stereocenters. The number of rotatable bonds is 8. The quantitative estimate of drug-likeness (QED) is 0.500. The maximum Gasteiger partial charge on any atom is 0.344 e. The van der Waals surface area contributed by atoms with Gasteiger partial charge in [-0.25, -0.2) is 9.59 Å². The molecule has 0 unspecified atom stereocenters. The van der Waals surface area contributed by atoms with Crippen LogP contribution in [0.3, 0.4) is 0 Å². The molecular weight excluding hydrogens is 380 g/mol. The summed E-state index contributed by atoms with van der Waals surface area (Å²) in [5.74, 6) is -0.979. The molecule has 158 valence electrons. The summed E-state index contributed by atoms with van der Waals surface area (Å²) in [5.41, 5.74) is 0.397. The van der Waals surface area contributed by atoms with E-state index in [1.54, 1.807) is 0 Å². The summed E-state index contributed by atoms with van der Waals surface area (Å²) in [5, 5.41) is 4.93. The Balaban J connectivity index is 1.76. The Labute approximate surface area is 169 Å². The molecule has 0 heterocycles. The number of carbonyl (C=O) groups is 4. The van der Waals surface area contributed by atoms with Crippen LogP contribution in [0.2, 0.25) is 0 Å². The molecule has 2 N–H and O–H groups in total. The van der Waals surface area contributed by atoms with Gasteiger partial charge in [-0.2, -0.15) is 0 Å². The van der Waals surface area contributed by atoms with Crippen LogP contribution in [0.15, 0.2) is 18.2 Å². The topological polar surface area (TPSA) is 120 Å². The van der Waals surface area contributed by atoms with Gasteiger partial charge in [0.1, 0.15) is 6.29 Å². The van der Waals surface area contributed by atoms with Crippen molar-refractivity contribution in [1.82, 2.24) is 10.6 Å². The second kappa shape index (κ2) is 11.0. The molecule has 0 saturated heterocycles. The molecule has 29 heavy (non-hydrogen) atoms. The molecule has 2 rings (SSSR count). The second-order valence-corrected chi connectivity index (χ2v) is 6.75. The van der Waals surface area contributed by atoms with Crippen LogP contribution in [-0.4, -0.2) is 50.1 Å². The Hall–Kier alpha value is -3.10. The van der Waals surface area contributed by atoms with Crippen LogP contribution >= 0.6 is 0 Å². The van der Waals surface area contributed by atoms with Crippen LogP contribution in [0.25, 0.3) is 0 Å². The largest absolute Gasteiger partial charge is 0.493 e. The van der Waals surface area contributed by atoms with Crippen molar-refractivity contribution in [3.05, 3.63) is 23.8 Å². The van der Waals surface area contributed by atoms with Crippen molar-refractivity contribution < 1.29 is 33.4 Å². The molecule has 1 aromatic rings. The Bertz CT molecular complexity index is 744. The number of amides is 3. The molecule has 0 spiro atoms. The predicted octanol–water partition coefficient (Wildman–Crippen LogP) is 1.98. The Kier molecular flexibility index (Phi) is 8.45. The molecule has 0 bridgehead atoms. The van der Waals surface area contributed by atoms with Crippen LogP contribution in [0.1, 0.15) is 49.4 Å². The highest BCUT2D eigenvalue weighted by Gasteiger charge is 2.22. The van der Waals surface area contributed by atoms with Gasteiger partial charge in [0, 0.05) is 11.6 Å². The normalized spacial score (nSPS) is 15.0. The van der Waals surface area contributed by atoms with E-state index in [0.29, 0.717) is 11.8 Å². The highest BCUT2D eigenvalue weighted by atomic mass is 16.6. The number of nitrogens with one attached hydrogen (secondary N) is 2. The van der Waals surface area contributed by atoms with Crippen molar-refractivity contribution in [2.75, 3.05) is 13.7 Å². The number of imide groups is 1. The molecule has 0 aliphatic heterocycles. The van der Waals surface area contributed by atoms with E-state index in [-0.39, 0.29) is 17.5 Å². The SMILES string of the molecule is COc1cc(C=O)ccc1OCC(=O)O[C@@H](C)C(=O)NC(=O)NC1CCCCC1. The lowest BCUT2D eigenvalue weighted by molar-refractivity contribution is -0.156. The minimum Gasteiger partial charge on any atom is -0.493 e. The van der Waals surface area contributed by atoms with Crippen molar-refractivity contribution in [3.8, 4) is 11.5 Å². The zero-order chi connectivity index (χ0) is 21.2.